The molecule has 0 unspecified atom stereocenters. The minimum atomic E-state index is -3.42. The maximum atomic E-state index is 10.6. The summed E-state index contributed by atoms with van der Waals surface area (Å²) in [6.07, 6.45) is 2.51. The summed E-state index contributed by atoms with van der Waals surface area (Å²) >= 11 is 0. The molecule has 1 heterocycles. The molecule has 0 fully saturated rings. The molecule has 1 aromatic rings. The summed E-state index contributed by atoms with van der Waals surface area (Å²) in [7, 11) is -3.42. The van der Waals surface area contributed by atoms with Crippen molar-refractivity contribution in [2.75, 3.05) is 12.0 Å². The number of anilines is 1. The van der Waals surface area contributed by atoms with Crippen LogP contribution in [0.5, 0.6) is 0 Å². The van der Waals surface area contributed by atoms with E-state index in [0.29, 0.717) is 5.56 Å². The second kappa shape index (κ2) is 3.71. The first-order valence-corrected chi connectivity index (χ1v) is 5.34. The molecule has 0 saturated heterocycles. The Morgan fingerprint density at radius 3 is 2.85 bits per heavy atom. The molecule has 0 aliphatic heterocycles. The summed E-state index contributed by atoms with van der Waals surface area (Å²) in [5, 5.41) is 0. The molecule has 5 nitrogen and oxygen atoms in total. The second-order valence-corrected chi connectivity index (χ2v) is 4.16. The molecule has 1 aromatic heterocycles. The molecule has 72 valence electrons. The fourth-order valence-corrected chi connectivity index (χ4v) is 1.08. The van der Waals surface area contributed by atoms with Gasteiger partial charge in [-0.05, 0) is 6.07 Å². The van der Waals surface area contributed by atoms with Crippen LogP contribution in [0.1, 0.15) is 5.56 Å². The molecular formula is C7H10N2O3S. The molecular weight excluding hydrogens is 192 g/mol. The Morgan fingerprint density at radius 1 is 1.62 bits per heavy atom. The molecule has 2 N–H and O–H groups in total. The van der Waals surface area contributed by atoms with Gasteiger partial charge in [0.2, 0.25) is 0 Å². The lowest BCUT2D eigenvalue weighted by Gasteiger charge is -2.03. The van der Waals surface area contributed by atoms with Crippen LogP contribution in [0.15, 0.2) is 18.3 Å². The van der Waals surface area contributed by atoms with Crippen molar-refractivity contribution in [2.45, 2.75) is 6.61 Å². The van der Waals surface area contributed by atoms with E-state index in [1.165, 1.54) is 6.20 Å². The van der Waals surface area contributed by atoms with Gasteiger partial charge < -0.3 is 5.73 Å². The average molecular weight is 202 g/mol. The molecule has 0 saturated carbocycles. The Balaban J connectivity index is 2.71. The van der Waals surface area contributed by atoms with Crippen LogP contribution in [-0.4, -0.2) is 19.7 Å². The summed E-state index contributed by atoms with van der Waals surface area (Å²) in [5.74, 6) is 0.283. The van der Waals surface area contributed by atoms with Crippen LogP contribution in [-0.2, 0) is 20.9 Å². The van der Waals surface area contributed by atoms with E-state index in [1.54, 1.807) is 12.1 Å². The van der Waals surface area contributed by atoms with Crippen molar-refractivity contribution in [2.24, 2.45) is 0 Å². The topological polar surface area (TPSA) is 82.3 Å². The lowest BCUT2D eigenvalue weighted by atomic mass is 10.3. The van der Waals surface area contributed by atoms with Gasteiger partial charge in [-0.2, -0.15) is 8.42 Å². The lowest BCUT2D eigenvalue weighted by molar-refractivity contribution is 0.312. The van der Waals surface area contributed by atoms with Gasteiger partial charge in [0.1, 0.15) is 5.82 Å². The Hall–Kier alpha value is -1.14. The maximum Gasteiger partial charge on any atom is 0.264 e. The predicted octanol–water partition coefficient (Wildman–Crippen LogP) is 0.140. The van der Waals surface area contributed by atoms with Crippen LogP contribution in [0.3, 0.4) is 0 Å². The largest absolute Gasteiger partial charge is 0.383 e. The van der Waals surface area contributed by atoms with Gasteiger partial charge in [-0.3, -0.25) is 4.18 Å². The summed E-state index contributed by atoms with van der Waals surface area (Å²) in [4.78, 5) is 3.78. The summed E-state index contributed by atoms with van der Waals surface area (Å²) < 4.78 is 25.8. The first-order valence-electron chi connectivity index (χ1n) is 3.53. The Morgan fingerprint density at radius 2 is 2.31 bits per heavy atom. The van der Waals surface area contributed by atoms with E-state index in [0.717, 1.165) is 6.26 Å². The van der Waals surface area contributed by atoms with Gasteiger partial charge in [0.05, 0.1) is 12.9 Å². The third-order valence-electron chi connectivity index (χ3n) is 1.35. The fourth-order valence-electron chi connectivity index (χ4n) is 0.743. The number of hydrogen-bond donors (Lipinski definition) is 1. The van der Waals surface area contributed by atoms with E-state index in [1.807, 2.05) is 0 Å². The molecule has 0 aliphatic carbocycles. The molecule has 0 spiro atoms. The van der Waals surface area contributed by atoms with E-state index in [-0.39, 0.29) is 12.4 Å². The third kappa shape index (κ3) is 3.39. The van der Waals surface area contributed by atoms with E-state index < -0.39 is 10.1 Å². The molecule has 0 amide bonds. The molecule has 0 aliphatic rings. The number of rotatable bonds is 3. The highest BCUT2D eigenvalue weighted by Crippen LogP contribution is 2.09. The highest BCUT2D eigenvalue weighted by molar-refractivity contribution is 7.85. The standard InChI is InChI=1S/C7H10N2O3S/c1-13(10,11)12-5-6-3-2-4-9-7(6)8/h2-4H,5H2,1H3,(H2,8,9). The van der Waals surface area contributed by atoms with Crippen LogP contribution in [0.2, 0.25) is 0 Å². The Kier molecular flexibility index (Phi) is 2.84. The number of hydrogen-bond acceptors (Lipinski definition) is 5. The quantitative estimate of drug-likeness (QED) is 0.705. The maximum absolute atomic E-state index is 10.6. The van der Waals surface area contributed by atoms with Gasteiger partial charge >= 0.3 is 0 Å². The number of nitrogens with two attached hydrogens (primary N) is 1. The lowest BCUT2D eigenvalue weighted by Crippen LogP contribution is -2.05. The minimum absolute atomic E-state index is 0.0709. The molecule has 0 radical (unpaired) electrons. The van der Waals surface area contributed by atoms with Crippen molar-refractivity contribution >= 4 is 15.9 Å². The highest BCUT2D eigenvalue weighted by atomic mass is 32.2. The van der Waals surface area contributed by atoms with Gasteiger partial charge in [0, 0.05) is 11.8 Å². The zero-order valence-corrected chi connectivity index (χ0v) is 7.91. The van der Waals surface area contributed by atoms with Gasteiger partial charge in [-0.15, -0.1) is 0 Å². The first kappa shape index (κ1) is 9.94. The normalized spacial score (nSPS) is 11.5. The Bertz CT molecular complexity index is 388. The summed E-state index contributed by atoms with van der Waals surface area (Å²) in [5.41, 5.74) is 6.03. The van der Waals surface area contributed by atoms with Gasteiger partial charge in [-0.1, -0.05) is 6.07 Å². The molecule has 0 bridgehead atoms. The third-order valence-corrected chi connectivity index (χ3v) is 1.90. The summed E-state index contributed by atoms with van der Waals surface area (Å²) in [6, 6.07) is 3.32. The van der Waals surface area contributed by atoms with Crippen LogP contribution < -0.4 is 5.73 Å². The van der Waals surface area contributed by atoms with Gasteiger partial charge in [-0.25, -0.2) is 4.98 Å². The number of nitrogen functional groups attached to an aromatic ring is 1. The molecule has 0 aromatic carbocycles. The van der Waals surface area contributed by atoms with Crippen molar-refractivity contribution in [1.82, 2.24) is 4.98 Å². The van der Waals surface area contributed by atoms with Crippen molar-refractivity contribution in [3.8, 4) is 0 Å². The van der Waals surface area contributed by atoms with Crippen molar-refractivity contribution < 1.29 is 12.6 Å². The van der Waals surface area contributed by atoms with Gasteiger partial charge in [0.15, 0.2) is 0 Å². The van der Waals surface area contributed by atoms with Crippen LogP contribution in [0.4, 0.5) is 5.82 Å². The average Bonchev–Trinajstić information content (AvgIpc) is 2.01. The zero-order chi connectivity index (χ0) is 9.90. The van der Waals surface area contributed by atoms with E-state index in [9.17, 15) is 8.42 Å². The molecule has 6 heteroatoms. The van der Waals surface area contributed by atoms with Crippen LogP contribution in [0, 0.1) is 0 Å². The predicted molar refractivity (Wildman–Crippen MR) is 48.3 cm³/mol. The molecule has 13 heavy (non-hydrogen) atoms. The Labute approximate surface area is 76.7 Å². The SMILES string of the molecule is CS(=O)(=O)OCc1cccnc1N. The zero-order valence-electron chi connectivity index (χ0n) is 7.10. The van der Waals surface area contributed by atoms with Crippen molar-refractivity contribution in [3.63, 3.8) is 0 Å². The minimum Gasteiger partial charge on any atom is -0.383 e. The second-order valence-electron chi connectivity index (χ2n) is 2.51. The van der Waals surface area contributed by atoms with Crippen LogP contribution in [0.25, 0.3) is 0 Å². The monoisotopic (exact) mass is 202 g/mol. The molecule has 1 rings (SSSR count). The van der Waals surface area contributed by atoms with Crippen molar-refractivity contribution in [3.05, 3.63) is 23.9 Å². The van der Waals surface area contributed by atoms with E-state index in [4.69, 9.17) is 5.73 Å². The van der Waals surface area contributed by atoms with E-state index >= 15 is 0 Å². The smallest absolute Gasteiger partial charge is 0.264 e. The first-order chi connectivity index (χ1) is 5.99. The number of pyridine rings is 1. The molecule has 0 atom stereocenters. The van der Waals surface area contributed by atoms with Crippen LogP contribution >= 0.6 is 0 Å². The number of nitrogens with zero attached hydrogens (tertiary/aromatic N) is 1. The van der Waals surface area contributed by atoms with Crippen molar-refractivity contribution in [1.29, 1.82) is 0 Å². The summed E-state index contributed by atoms with van der Waals surface area (Å²) in [6.45, 7) is -0.0709. The van der Waals surface area contributed by atoms with Gasteiger partial charge in [0.25, 0.3) is 10.1 Å². The fraction of sp³-hybridized carbons (Fsp3) is 0.286. The van der Waals surface area contributed by atoms with E-state index in [2.05, 4.69) is 9.17 Å². The number of aromatic nitrogens is 1. The highest BCUT2D eigenvalue weighted by Gasteiger charge is 2.04.